The maximum absolute atomic E-state index is 13.6. The molecule has 2 heterocycles. The van der Waals surface area contributed by atoms with E-state index < -0.39 is 5.54 Å². The van der Waals surface area contributed by atoms with Crippen molar-refractivity contribution in [3.05, 3.63) is 59.2 Å². The number of rotatable bonds is 5. The molecule has 5 rings (SSSR count). The van der Waals surface area contributed by atoms with E-state index in [0.29, 0.717) is 18.7 Å². The van der Waals surface area contributed by atoms with Gasteiger partial charge in [0.05, 0.1) is 33.3 Å². The topological polar surface area (TPSA) is 83.4 Å². The quantitative estimate of drug-likeness (QED) is 0.517. The molecule has 8 nitrogen and oxygen atoms in total. The zero-order valence-corrected chi connectivity index (χ0v) is 19.7. The Hall–Kier alpha value is -3.39. The summed E-state index contributed by atoms with van der Waals surface area (Å²) in [6.45, 7) is 5.24. The second-order valence-corrected chi connectivity index (χ2v) is 9.44. The van der Waals surface area contributed by atoms with Gasteiger partial charge in [0.15, 0.2) is 12.5 Å². The number of benzene rings is 2. The number of amides is 3. The third-order valence-corrected chi connectivity index (χ3v) is 7.44. The van der Waals surface area contributed by atoms with E-state index in [1.54, 1.807) is 14.0 Å². The largest absolute Gasteiger partial charge is 0.497 e. The normalized spacial score (nSPS) is 22.6. The first-order valence-electron chi connectivity index (χ1n) is 11.9. The Morgan fingerprint density at radius 2 is 1.85 bits per heavy atom. The van der Waals surface area contributed by atoms with Gasteiger partial charge >= 0.3 is 6.03 Å². The molecule has 8 heteroatoms. The lowest BCUT2D eigenvalue weighted by molar-refractivity contribution is -0.907. The number of piperazine rings is 1. The van der Waals surface area contributed by atoms with Crippen molar-refractivity contribution >= 4 is 23.4 Å². The summed E-state index contributed by atoms with van der Waals surface area (Å²) in [7, 11) is 1.63. The second kappa shape index (κ2) is 8.76. The van der Waals surface area contributed by atoms with E-state index in [0.717, 1.165) is 61.6 Å². The van der Waals surface area contributed by atoms with Crippen LogP contribution in [0.4, 0.5) is 10.5 Å². The first kappa shape index (κ1) is 22.4. The van der Waals surface area contributed by atoms with Gasteiger partial charge in [0.25, 0.3) is 5.91 Å². The molecule has 1 spiro atoms. The van der Waals surface area contributed by atoms with Crippen LogP contribution in [0.2, 0.25) is 0 Å². The van der Waals surface area contributed by atoms with Crippen LogP contribution in [0.25, 0.3) is 0 Å². The molecule has 0 bridgehead atoms. The van der Waals surface area contributed by atoms with Crippen LogP contribution in [0.1, 0.15) is 41.3 Å². The number of aryl methyl sites for hydroxylation is 1. The number of hydrogen-bond donors (Lipinski definition) is 2. The highest BCUT2D eigenvalue weighted by molar-refractivity contribution is 6.07. The number of methoxy groups -OCH3 is 1. The lowest BCUT2D eigenvalue weighted by Crippen LogP contribution is -3.16. The number of fused-ring (bicyclic) bond motifs is 2. The number of carbonyl (C=O) groups is 3. The van der Waals surface area contributed by atoms with E-state index in [1.165, 1.54) is 9.80 Å². The van der Waals surface area contributed by atoms with E-state index in [4.69, 9.17) is 4.74 Å². The van der Waals surface area contributed by atoms with Gasteiger partial charge in [-0.1, -0.05) is 6.07 Å². The molecule has 0 radical (unpaired) electrons. The molecule has 1 atom stereocenters. The first-order chi connectivity index (χ1) is 16.4. The molecular formula is C26H31N4O4+. The summed E-state index contributed by atoms with van der Waals surface area (Å²) in [6.07, 6.45) is 2.33. The SMILES string of the molecule is COc1ccc2c(c1)CCC[C@]21NC(=O)N(C[NH+]2CCN(c3ccc(C(C)=O)cc3)CC2)C1=O. The molecule has 3 amide bonds. The smallest absolute Gasteiger partial charge is 0.329 e. The fourth-order valence-electron chi connectivity index (χ4n) is 5.49. The standard InChI is InChI=1S/C26H30N4O4/c1-18(31)19-5-7-21(8-6-19)29-14-12-28(13-15-29)17-30-24(32)26(27-25(30)33)11-3-4-20-16-22(34-2)9-10-23(20)26/h5-10,16H,3-4,11-15,17H2,1-2H3,(H,27,33)/p+1/t26-/m0/s1. The Balaban J connectivity index is 1.26. The molecule has 2 N–H and O–H groups in total. The van der Waals surface area contributed by atoms with Crippen molar-refractivity contribution in [1.29, 1.82) is 0 Å². The van der Waals surface area contributed by atoms with Crippen LogP contribution < -0.4 is 19.9 Å². The number of nitrogens with zero attached hydrogens (tertiary/aromatic N) is 2. The molecular weight excluding hydrogens is 432 g/mol. The van der Waals surface area contributed by atoms with Crippen LogP contribution in [-0.4, -0.2) is 62.6 Å². The molecule has 2 saturated heterocycles. The number of quaternary nitrogens is 1. The number of urea groups is 1. The molecule has 3 aliphatic rings. The number of anilines is 1. The van der Waals surface area contributed by atoms with Gasteiger partial charge in [-0.15, -0.1) is 0 Å². The van der Waals surface area contributed by atoms with Crippen LogP contribution >= 0.6 is 0 Å². The van der Waals surface area contributed by atoms with Crippen molar-refractivity contribution in [1.82, 2.24) is 10.2 Å². The number of Topliss-reactive ketones (excluding diaryl/α,β-unsaturated/α-hetero) is 1. The summed E-state index contributed by atoms with van der Waals surface area (Å²) < 4.78 is 5.35. The lowest BCUT2D eigenvalue weighted by Gasteiger charge is -2.35. The first-order valence-corrected chi connectivity index (χ1v) is 11.9. The van der Waals surface area contributed by atoms with E-state index in [9.17, 15) is 14.4 Å². The predicted octanol–water partition coefficient (Wildman–Crippen LogP) is 1.34. The highest BCUT2D eigenvalue weighted by atomic mass is 16.5. The summed E-state index contributed by atoms with van der Waals surface area (Å²) in [5.74, 6) is 0.688. The Bertz CT molecular complexity index is 1120. The van der Waals surface area contributed by atoms with Crippen LogP contribution in [-0.2, 0) is 16.8 Å². The van der Waals surface area contributed by atoms with Gasteiger partial charge in [-0.25, -0.2) is 9.69 Å². The Morgan fingerprint density at radius 3 is 2.53 bits per heavy atom. The minimum atomic E-state index is -0.962. The molecule has 1 aliphatic carbocycles. The molecule has 2 aliphatic heterocycles. The average Bonchev–Trinajstić information content (AvgIpc) is 3.09. The van der Waals surface area contributed by atoms with Gasteiger partial charge in [-0.05, 0) is 73.7 Å². The molecule has 34 heavy (non-hydrogen) atoms. The number of carbonyl (C=O) groups excluding carboxylic acids is 3. The maximum Gasteiger partial charge on any atom is 0.329 e. The summed E-state index contributed by atoms with van der Waals surface area (Å²) in [4.78, 5) is 43.0. The zero-order chi connectivity index (χ0) is 23.9. The summed E-state index contributed by atoms with van der Waals surface area (Å²) >= 11 is 0. The molecule has 0 aromatic heterocycles. The monoisotopic (exact) mass is 463 g/mol. The fraction of sp³-hybridized carbons (Fsp3) is 0.423. The maximum atomic E-state index is 13.6. The van der Waals surface area contributed by atoms with Crippen LogP contribution in [0.5, 0.6) is 5.75 Å². The summed E-state index contributed by atoms with van der Waals surface area (Å²) in [5, 5.41) is 3.05. The number of hydrogen-bond acceptors (Lipinski definition) is 5. The van der Waals surface area contributed by atoms with Gasteiger partial charge in [0.2, 0.25) is 0 Å². The molecule has 178 valence electrons. The number of imide groups is 1. The van der Waals surface area contributed by atoms with Crippen molar-refractivity contribution in [2.24, 2.45) is 0 Å². The van der Waals surface area contributed by atoms with Gasteiger partial charge in [0.1, 0.15) is 11.3 Å². The third-order valence-electron chi connectivity index (χ3n) is 7.44. The molecule has 2 fully saturated rings. The van der Waals surface area contributed by atoms with E-state index in [-0.39, 0.29) is 17.7 Å². The van der Waals surface area contributed by atoms with Crippen LogP contribution in [0, 0.1) is 0 Å². The Kier molecular flexibility index (Phi) is 5.77. The van der Waals surface area contributed by atoms with Crippen LogP contribution in [0.3, 0.4) is 0 Å². The lowest BCUT2D eigenvalue weighted by atomic mass is 9.76. The molecule has 2 aromatic rings. The number of ketones is 1. The predicted molar refractivity (Wildman–Crippen MR) is 127 cm³/mol. The van der Waals surface area contributed by atoms with Gasteiger partial charge in [0, 0.05) is 11.3 Å². The van der Waals surface area contributed by atoms with Gasteiger partial charge < -0.3 is 19.9 Å². The Morgan fingerprint density at radius 1 is 1.12 bits per heavy atom. The Labute approximate surface area is 199 Å². The zero-order valence-electron chi connectivity index (χ0n) is 19.7. The second-order valence-electron chi connectivity index (χ2n) is 9.44. The minimum Gasteiger partial charge on any atom is -0.497 e. The van der Waals surface area contributed by atoms with Crippen molar-refractivity contribution in [3.63, 3.8) is 0 Å². The highest BCUT2D eigenvalue weighted by Crippen LogP contribution is 2.40. The van der Waals surface area contributed by atoms with Crippen molar-refractivity contribution in [2.45, 2.75) is 31.7 Å². The van der Waals surface area contributed by atoms with E-state index >= 15 is 0 Å². The van der Waals surface area contributed by atoms with Crippen LogP contribution in [0.15, 0.2) is 42.5 Å². The van der Waals surface area contributed by atoms with Crippen molar-refractivity contribution < 1.29 is 24.0 Å². The van der Waals surface area contributed by atoms with E-state index in [1.807, 2.05) is 42.5 Å². The highest BCUT2D eigenvalue weighted by Gasteiger charge is 2.55. The van der Waals surface area contributed by atoms with Crippen molar-refractivity contribution in [2.75, 3.05) is 44.9 Å². The van der Waals surface area contributed by atoms with Gasteiger partial charge in [-0.2, -0.15) is 0 Å². The van der Waals surface area contributed by atoms with Gasteiger partial charge in [-0.3, -0.25) is 9.59 Å². The average molecular weight is 464 g/mol. The summed E-state index contributed by atoms with van der Waals surface area (Å²) in [6, 6.07) is 13.2. The number of nitrogens with one attached hydrogen (secondary N) is 2. The minimum absolute atomic E-state index is 0.0619. The fourth-order valence-corrected chi connectivity index (χ4v) is 5.49. The molecule has 2 aromatic carbocycles. The van der Waals surface area contributed by atoms with E-state index in [2.05, 4.69) is 10.2 Å². The summed E-state index contributed by atoms with van der Waals surface area (Å²) in [5.41, 5.74) is 2.80. The van der Waals surface area contributed by atoms with Crippen molar-refractivity contribution in [3.8, 4) is 5.75 Å². The molecule has 0 saturated carbocycles. The molecule has 0 unspecified atom stereocenters. The third kappa shape index (κ3) is 3.81. The number of ether oxygens (including phenoxy) is 1.